The fraction of sp³-hybridized carbons (Fsp3) is 0.476. The van der Waals surface area contributed by atoms with Gasteiger partial charge in [0.05, 0.1) is 5.41 Å². The van der Waals surface area contributed by atoms with Crippen molar-refractivity contribution >= 4 is 23.4 Å². The molecule has 3 aliphatic heterocycles. The second-order valence-corrected chi connectivity index (χ2v) is 8.47. The number of amides is 3. The fourth-order valence-corrected chi connectivity index (χ4v) is 4.92. The zero-order valence-corrected chi connectivity index (χ0v) is 16.1. The van der Waals surface area contributed by atoms with E-state index in [1.54, 1.807) is 17.0 Å². The molecule has 4 rings (SSSR count). The molecule has 7 nitrogen and oxygen atoms in total. The molecule has 2 fully saturated rings. The number of carbonyl (C=O) groups is 3. The van der Waals surface area contributed by atoms with E-state index in [4.69, 9.17) is 0 Å². The third-order valence-corrected chi connectivity index (χ3v) is 6.67. The van der Waals surface area contributed by atoms with Crippen LogP contribution in [0.25, 0.3) is 0 Å². The van der Waals surface area contributed by atoms with Gasteiger partial charge in [-0.2, -0.15) is 0 Å². The summed E-state index contributed by atoms with van der Waals surface area (Å²) >= 11 is 0. The Bertz CT molecular complexity index is 894. The van der Waals surface area contributed by atoms with E-state index < -0.39 is 22.9 Å². The van der Waals surface area contributed by atoms with Gasteiger partial charge in [-0.15, -0.1) is 6.58 Å². The van der Waals surface area contributed by atoms with E-state index in [-0.39, 0.29) is 29.9 Å². The fourth-order valence-electron chi connectivity index (χ4n) is 4.92. The maximum atomic E-state index is 13.3. The summed E-state index contributed by atoms with van der Waals surface area (Å²) in [5, 5.41) is 15.5. The molecule has 0 radical (unpaired) electrons. The van der Waals surface area contributed by atoms with Gasteiger partial charge in [-0.25, -0.2) is 0 Å². The van der Waals surface area contributed by atoms with Crippen molar-refractivity contribution in [3.05, 3.63) is 36.4 Å². The monoisotopic (exact) mass is 383 g/mol. The van der Waals surface area contributed by atoms with Crippen molar-refractivity contribution < 1.29 is 19.5 Å². The van der Waals surface area contributed by atoms with Crippen LogP contribution in [0.2, 0.25) is 0 Å². The number of phenolic OH excluding ortho intramolecular Hbond substituents is 1. The number of anilines is 1. The summed E-state index contributed by atoms with van der Waals surface area (Å²) in [6, 6.07) is 3.57. The minimum absolute atomic E-state index is 0.0493. The van der Waals surface area contributed by atoms with Crippen LogP contribution in [0.5, 0.6) is 5.75 Å². The maximum Gasteiger partial charge on any atom is 0.245 e. The number of nitrogens with one attached hydrogen (secondary N) is 2. The number of carbonyl (C=O) groups excluding carboxylic acids is 3. The van der Waals surface area contributed by atoms with Crippen molar-refractivity contribution in [2.45, 2.75) is 50.6 Å². The van der Waals surface area contributed by atoms with Crippen LogP contribution in [0.4, 0.5) is 5.69 Å². The van der Waals surface area contributed by atoms with E-state index >= 15 is 0 Å². The third kappa shape index (κ3) is 2.38. The Morgan fingerprint density at radius 3 is 2.82 bits per heavy atom. The highest BCUT2D eigenvalue weighted by molar-refractivity contribution is 6.08. The first-order valence-corrected chi connectivity index (χ1v) is 9.61. The molecule has 148 valence electrons. The highest BCUT2D eigenvalue weighted by atomic mass is 16.3. The molecule has 0 spiro atoms. The molecule has 3 aliphatic rings. The largest absolute Gasteiger partial charge is 0.508 e. The van der Waals surface area contributed by atoms with Crippen molar-refractivity contribution in [2.24, 2.45) is 5.41 Å². The number of hydrogen-bond donors (Lipinski definition) is 3. The zero-order chi connectivity index (χ0) is 20.3. The molecule has 1 aromatic carbocycles. The summed E-state index contributed by atoms with van der Waals surface area (Å²) in [6.45, 7) is 8.28. The minimum Gasteiger partial charge on any atom is -0.508 e. The Kier molecular flexibility index (Phi) is 4.03. The number of nitrogens with zero attached hydrogens (tertiary/aromatic N) is 1. The molecule has 1 unspecified atom stereocenters. The van der Waals surface area contributed by atoms with Crippen molar-refractivity contribution in [3.8, 4) is 5.75 Å². The molecule has 0 aliphatic carbocycles. The van der Waals surface area contributed by atoms with Crippen LogP contribution in [0, 0.1) is 5.41 Å². The molecular formula is C21H25N3O4. The first-order valence-electron chi connectivity index (χ1n) is 9.61. The van der Waals surface area contributed by atoms with Crippen LogP contribution in [0.3, 0.4) is 0 Å². The molecule has 7 heteroatoms. The van der Waals surface area contributed by atoms with Gasteiger partial charge in [-0.3, -0.25) is 14.4 Å². The van der Waals surface area contributed by atoms with Crippen molar-refractivity contribution in [2.75, 3.05) is 11.9 Å². The second kappa shape index (κ2) is 6.09. The van der Waals surface area contributed by atoms with Gasteiger partial charge in [-0.05, 0) is 30.9 Å². The Morgan fingerprint density at radius 2 is 2.11 bits per heavy atom. The number of fused-ring (bicyclic) bond motifs is 2. The van der Waals surface area contributed by atoms with Crippen LogP contribution in [-0.2, 0) is 19.8 Å². The first kappa shape index (κ1) is 18.5. The molecule has 3 amide bonds. The van der Waals surface area contributed by atoms with Crippen LogP contribution in [0.15, 0.2) is 30.9 Å². The van der Waals surface area contributed by atoms with Crippen LogP contribution in [-0.4, -0.2) is 46.4 Å². The topological polar surface area (TPSA) is 98.7 Å². The predicted octanol–water partition coefficient (Wildman–Crippen LogP) is 1.67. The highest BCUT2D eigenvalue weighted by Crippen LogP contribution is 2.53. The van der Waals surface area contributed by atoms with E-state index in [1.165, 1.54) is 12.1 Å². The Morgan fingerprint density at radius 1 is 1.36 bits per heavy atom. The quantitative estimate of drug-likeness (QED) is 0.689. The normalized spacial score (nSPS) is 29.2. The first-order chi connectivity index (χ1) is 13.2. The lowest BCUT2D eigenvalue weighted by Gasteiger charge is -2.44. The molecular weight excluding hydrogens is 358 g/mol. The Hall–Kier alpha value is -2.83. The smallest absolute Gasteiger partial charge is 0.245 e. The van der Waals surface area contributed by atoms with Gasteiger partial charge in [-0.1, -0.05) is 26.0 Å². The van der Waals surface area contributed by atoms with Crippen LogP contribution in [0.1, 0.15) is 38.7 Å². The summed E-state index contributed by atoms with van der Waals surface area (Å²) < 4.78 is 0. The Labute approximate surface area is 163 Å². The van der Waals surface area contributed by atoms with Crippen LogP contribution < -0.4 is 10.6 Å². The van der Waals surface area contributed by atoms with Gasteiger partial charge in [0.2, 0.25) is 17.7 Å². The standard InChI is InChI=1S/C21H25N3O4/c1-4-20(2,3)21(13-8-7-12(25)10-14(13)23-19(21)28)11-15-18(27)24-9-5-6-16(24)17(26)22-15/h4,7-8,10,15-16,25H,1,5-6,9,11H2,2-3H3,(H,22,26)(H,23,28)/t15-,16?,21-/m0/s1. The zero-order valence-electron chi connectivity index (χ0n) is 16.1. The van der Waals surface area contributed by atoms with Gasteiger partial charge in [0.15, 0.2) is 0 Å². The third-order valence-electron chi connectivity index (χ3n) is 6.67. The van der Waals surface area contributed by atoms with Crippen molar-refractivity contribution in [1.82, 2.24) is 10.2 Å². The average molecular weight is 383 g/mol. The van der Waals surface area contributed by atoms with Crippen LogP contribution >= 0.6 is 0 Å². The second-order valence-electron chi connectivity index (χ2n) is 8.47. The summed E-state index contributed by atoms with van der Waals surface area (Å²) in [7, 11) is 0. The number of aromatic hydroxyl groups is 1. The van der Waals surface area contributed by atoms with Gasteiger partial charge in [0, 0.05) is 23.7 Å². The number of allylic oxidation sites excluding steroid dienone is 1. The molecule has 3 atom stereocenters. The molecule has 3 N–H and O–H groups in total. The maximum absolute atomic E-state index is 13.3. The minimum atomic E-state index is -1.10. The summed E-state index contributed by atoms with van der Waals surface area (Å²) in [5.74, 6) is -0.504. The number of rotatable bonds is 4. The van der Waals surface area contributed by atoms with E-state index in [0.29, 0.717) is 24.2 Å². The van der Waals surface area contributed by atoms with Gasteiger partial charge in [0.25, 0.3) is 0 Å². The molecule has 1 aromatic rings. The van der Waals surface area contributed by atoms with Gasteiger partial charge < -0.3 is 20.6 Å². The number of piperazine rings is 1. The average Bonchev–Trinajstić information content (AvgIpc) is 3.23. The summed E-state index contributed by atoms with van der Waals surface area (Å²) in [5.41, 5.74) is -0.580. The lowest BCUT2D eigenvalue weighted by molar-refractivity contribution is -0.148. The van der Waals surface area contributed by atoms with E-state index in [9.17, 15) is 19.5 Å². The lowest BCUT2D eigenvalue weighted by Crippen LogP contribution is -2.63. The van der Waals surface area contributed by atoms with Crippen molar-refractivity contribution in [3.63, 3.8) is 0 Å². The van der Waals surface area contributed by atoms with Gasteiger partial charge >= 0.3 is 0 Å². The SMILES string of the molecule is C=CC(C)(C)[C@]1(C[C@@H]2NC(=O)C3CCCN3C2=O)C(=O)Nc2cc(O)ccc21. The van der Waals surface area contributed by atoms with E-state index in [1.807, 2.05) is 13.8 Å². The predicted molar refractivity (Wildman–Crippen MR) is 104 cm³/mol. The molecule has 0 saturated carbocycles. The highest BCUT2D eigenvalue weighted by Gasteiger charge is 2.58. The Balaban J connectivity index is 1.79. The number of benzene rings is 1. The van der Waals surface area contributed by atoms with Gasteiger partial charge in [0.1, 0.15) is 17.8 Å². The van der Waals surface area contributed by atoms with E-state index in [2.05, 4.69) is 17.2 Å². The van der Waals surface area contributed by atoms with Crippen molar-refractivity contribution in [1.29, 1.82) is 0 Å². The molecule has 0 aromatic heterocycles. The lowest BCUT2D eigenvalue weighted by atomic mass is 9.59. The molecule has 3 heterocycles. The number of phenols is 1. The molecule has 28 heavy (non-hydrogen) atoms. The molecule has 0 bridgehead atoms. The van der Waals surface area contributed by atoms with E-state index in [0.717, 1.165) is 6.42 Å². The number of hydrogen-bond acceptors (Lipinski definition) is 4. The molecule has 2 saturated heterocycles. The summed E-state index contributed by atoms with van der Waals surface area (Å²) in [6.07, 6.45) is 3.32. The summed E-state index contributed by atoms with van der Waals surface area (Å²) in [4.78, 5) is 40.5.